The lowest BCUT2D eigenvalue weighted by molar-refractivity contribution is 0.104. The van der Waals surface area contributed by atoms with Crippen LogP contribution in [0.2, 0.25) is 5.02 Å². The van der Waals surface area contributed by atoms with Gasteiger partial charge in [0.15, 0.2) is 5.78 Å². The molecule has 3 heteroatoms. The molecule has 96 valence electrons. The summed E-state index contributed by atoms with van der Waals surface area (Å²) in [4.78, 5) is 11.9. The quantitative estimate of drug-likeness (QED) is 0.586. The molecule has 19 heavy (non-hydrogen) atoms. The van der Waals surface area contributed by atoms with Crippen LogP contribution in [0.3, 0.4) is 0 Å². The summed E-state index contributed by atoms with van der Waals surface area (Å²) >= 11 is 5.88. The van der Waals surface area contributed by atoms with Crippen molar-refractivity contribution in [3.8, 4) is 0 Å². The molecule has 0 aromatic heterocycles. The van der Waals surface area contributed by atoms with Crippen molar-refractivity contribution in [2.75, 3.05) is 0 Å². The molecule has 0 amide bonds. The van der Waals surface area contributed by atoms with E-state index in [1.807, 2.05) is 19.1 Å². The third-order valence-corrected chi connectivity index (χ3v) is 3.07. The zero-order valence-electron chi connectivity index (χ0n) is 10.4. The number of aryl methyl sites for hydroxylation is 1. The number of rotatable bonds is 3. The molecule has 0 spiro atoms. The Labute approximate surface area is 116 Å². The maximum Gasteiger partial charge on any atom is 0.185 e. The molecule has 0 unspecified atom stereocenters. The fraction of sp³-hybridized carbons (Fsp3) is 0.0625. The van der Waals surface area contributed by atoms with E-state index in [1.54, 1.807) is 18.2 Å². The van der Waals surface area contributed by atoms with E-state index >= 15 is 0 Å². The predicted molar refractivity (Wildman–Crippen MR) is 76.0 cm³/mol. The molecule has 2 aromatic rings. The number of allylic oxidation sites excluding steroid dienone is 1. The van der Waals surface area contributed by atoms with E-state index in [4.69, 9.17) is 11.6 Å². The fourth-order valence-electron chi connectivity index (χ4n) is 1.64. The van der Waals surface area contributed by atoms with Crippen LogP contribution in [0.5, 0.6) is 0 Å². The van der Waals surface area contributed by atoms with Crippen molar-refractivity contribution in [3.63, 3.8) is 0 Å². The van der Waals surface area contributed by atoms with Crippen molar-refractivity contribution >= 4 is 23.5 Å². The smallest absolute Gasteiger partial charge is 0.185 e. The fourth-order valence-corrected chi connectivity index (χ4v) is 1.87. The minimum absolute atomic E-state index is 0.181. The lowest BCUT2D eigenvalue weighted by Crippen LogP contribution is -1.94. The van der Waals surface area contributed by atoms with E-state index in [1.165, 1.54) is 24.3 Å². The summed E-state index contributed by atoms with van der Waals surface area (Å²) in [5, 5.41) is 0.285. The van der Waals surface area contributed by atoms with Crippen LogP contribution in [0.25, 0.3) is 6.08 Å². The molecule has 0 fully saturated rings. The summed E-state index contributed by atoms with van der Waals surface area (Å²) in [5.41, 5.74) is 1.87. The first-order chi connectivity index (χ1) is 9.08. The second kappa shape index (κ2) is 5.81. The van der Waals surface area contributed by atoms with Gasteiger partial charge in [0, 0.05) is 11.1 Å². The Balaban J connectivity index is 2.23. The van der Waals surface area contributed by atoms with Gasteiger partial charge in [0.1, 0.15) is 5.82 Å². The van der Waals surface area contributed by atoms with E-state index in [2.05, 4.69) is 0 Å². The third kappa shape index (κ3) is 3.30. The van der Waals surface area contributed by atoms with Gasteiger partial charge >= 0.3 is 0 Å². The van der Waals surface area contributed by atoms with Gasteiger partial charge in [0.25, 0.3) is 0 Å². The molecule has 0 heterocycles. The summed E-state index contributed by atoms with van der Waals surface area (Å²) in [5.74, 6) is -0.625. The lowest BCUT2D eigenvalue weighted by atomic mass is 10.1. The second-order valence-electron chi connectivity index (χ2n) is 4.20. The summed E-state index contributed by atoms with van der Waals surface area (Å²) in [6, 6.07) is 11.6. The first-order valence-corrected chi connectivity index (χ1v) is 6.19. The van der Waals surface area contributed by atoms with Gasteiger partial charge < -0.3 is 0 Å². The molecule has 0 saturated carbocycles. The largest absolute Gasteiger partial charge is 0.289 e. The molecule has 1 nitrogen and oxygen atoms in total. The Hall–Kier alpha value is -1.93. The van der Waals surface area contributed by atoms with E-state index in [9.17, 15) is 9.18 Å². The number of carbonyl (C=O) groups is 1. The zero-order valence-corrected chi connectivity index (χ0v) is 11.1. The van der Waals surface area contributed by atoms with Gasteiger partial charge in [-0.1, -0.05) is 47.5 Å². The highest BCUT2D eigenvalue weighted by Crippen LogP contribution is 2.20. The van der Waals surface area contributed by atoms with Gasteiger partial charge in [0.2, 0.25) is 0 Å². The monoisotopic (exact) mass is 274 g/mol. The normalized spacial score (nSPS) is 10.9. The van der Waals surface area contributed by atoms with E-state index in [0.29, 0.717) is 5.56 Å². The van der Waals surface area contributed by atoms with Crippen LogP contribution in [-0.2, 0) is 0 Å². The SMILES string of the molecule is Cc1ccc(C(=O)/C=C/c2c(F)cccc2Cl)cc1. The van der Waals surface area contributed by atoms with Gasteiger partial charge in [-0.2, -0.15) is 0 Å². The minimum atomic E-state index is -0.444. The van der Waals surface area contributed by atoms with Crippen LogP contribution in [0.1, 0.15) is 21.5 Å². The Morgan fingerprint density at radius 1 is 1.16 bits per heavy atom. The van der Waals surface area contributed by atoms with Gasteiger partial charge in [0.05, 0.1) is 5.02 Å². The highest BCUT2D eigenvalue weighted by Gasteiger charge is 2.05. The predicted octanol–water partition coefficient (Wildman–Crippen LogP) is 4.68. The topological polar surface area (TPSA) is 17.1 Å². The Morgan fingerprint density at radius 3 is 2.47 bits per heavy atom. The first kappa shape index (κ1) is 13.5. The number of halogens is 2. The first-order valence-electron chi connectivity index (χ1n) is 5.81. The molecule has 0 aliphatic rings. The van der Waals surface area contributed by atoms with Crippen molar-refractivity contribution in [3.05, 3.63) is 76.1 Å². The van der Waals surface area contributed by atoms with Crippen LogP contribution in [0.15, 0.2) is 48.5 Å². The molecule has 0 bridgehead atoms. The van der Waals surface area contributed by atoms with Gasteiger partial charge in [-0.05, 0) is 31.2 Å². The summed E-state index contributed by atoms with van der Waals surface area (Å²) in [7, 11) is 0. The van der Waals surface area contributed by atoms with E-state index in [0.717, 1.165) is 5.56 Å². The molecule has 2 rings (SSSR count). The van der Waals surface area contributed by atoms with Crippen molar-refractivity contribution in [2.24, 2.45) is 0 Å². The van der Waals surface area contributed by atoms with Crippen LogP contribution < -0.4 is 0 Å². The molecule has 0 N–H and O–H groups in total. The van der Waals surface area contributed by atoms with Crippen LogP contribution in [0.4, 0.5) is 4.39 Å². The maximum absolute atomic E-state index is 13.5. The van der Waals surface area contributed by atoms with E-state index < -0.39 is 5.82 Å². The number of carbonyl (C=O) groups excluding carboxylic acids is 1. The van der Waals surface area contributed by atoms with Crippen LogP contribution in [-0.4, -0.2) is 5.78 Å². The summed E-state index contributed by atoms with van der Waals surface area (Å²) in [6.07, 6.45) is 2.73. The van der Waals surface area contributed by atoms with Gasteiger partial charge in [-0.3, -0.25) is 4.79 Å². The molecule has 2 aromatic carbocycles. The molecule has 0 radical (unpaired) electrons. The average Bonchev–Trinajstić information content (AvgIpc) is 2.38. The number of ketones is 1. The van der Waals surface area contributed by atoms with Crippen molar-refractivity contribution < 1.29 is 9.18 Å². The van der Waals surface area contributed by atoms with Crippen molar-refractivity contribution in [2.45, 2.75) is 6.92 Å². The summed E-state index contributed by atoms with van der Waals surface area (Å²) in [6.45, 7) is 1.95. The van der Waals surface area contributed by atoms with Crippen molar-refractivity contribution in [1.29, 1.82) is 0 Å². The minimum Gasteiger partial charge on any atom is -0.289 e. The highest BCUT2D eigenvalue weighted by molar-refractivity contribution is 6.32. The van der Waals surface area contributed by atoms with Crippen LogP contribution in [0, 0.1) is 12.7 Å². The average molecular weight is 275 g/mol. The zero-order chi connectivity index (χ0) is 13.8. The molecule has 0 aliphatic carbocycles. The Bertz CT molecular complexity index is 609. The standard InChI is InChI=1S/C16H12ClFO/c1-11-5-7-12(8-6-11)16(19)10-9-13-14(17)3-2-4-15(13)18/h2-10H,1H3/b10-9+. The van der Waals surface area contributed by atoms with Gasteiger partial charge in [-0.15, -0.1) is 0 Å². The molecule has 0 aliphatic heterocycles. The maximum atomic E-state index is 13.5. The Morgan fingerprint density at radius 2 is 1.84 bits per heavy atom. The Kier molecular flexibility index (Phi) is 4.13. The molecular weight excluding hydrogens is 263 g/mol. The number of benzene rings is 2. The highest BCUT2D eigenvalue weighted by atomic mass is 35.5. The number of hydrogen-bond donors (Lipinski definition) is 0. The molecule has 0 atom stereocenters. The lowest BCUT2D eigenvalue weighted by Gasteiger charge is -2.00. The molecular formula is C16H12ClFO. The van der Waals surface area contributed by atoms with Crippen molar-refractivity contribution in [1.82, 2.24) is 0 Å². The third-order valence-electron chi connectivity index (χ3n) is 2.74. The van der Waals surface area contributed by atoms with E-state index in [-0.39, 0.29) is 16.4 Å². The van der Waals surface area contributed by atoms with Crippen LogP contribution >= 0.6 is 11.6 Å². The van der Waals surface area contributed by atoms with Gasteiger partial charge in [-0.25, -0.2) is 4.39 Å². The summed E-state index contributed by atoms with van der Waals surface area (Å²) < 4.78 is 13.5. The molecule has 0 saturated heterocycles. The second-order valence-corrected chi connectivity index (χ2v) is 4.61. The number of hydrogen-bond acceptors (Lipinski definition) is 1.